The monoisotopic (exact) mass is 370 g/mol. The van der Waals surface area contributed by atoms with E-state index in [9.17, 15) is 14.4 Å². The molecule has 1 fully saturated rings. The molecule has 0 spiro atoms. The van der Waals surface area contributed by atoms with Crippen molar-refractivity contribution in [3.8, 4) is 11.5 Å². The Balaban J connectivity index is 1.99. The maximum atomic E-state index is 12.8. The van der Waals surface area contributed by atoms with Gasteiger partial charge in [-0.15, -0.1) is 0 Å². The second-order valence-electron chi connectivity index (χ2n) is 5.80. The fourth-order valence-electron chi connectivity index (χ4n) is 2.85. The molecular weight excluding hydrogens is 352 g/mol. The Labute approximate surface area is 155 Å². The first kappa shape index (κ1) is 18.2. The number of carbonyl (C=O) groups is 3. The summed E-state index contributed by atoms with van der Waals surface area (Å²) in [5.74, 6) is 0.0249. The molecular formula is C19H18N2O6. The van der Waals surface area contributed by atoms with Gasteiger partial charge in [0.15, 0.2) is 0 Å². The first-order chi connectivity index (χ1) is 13.0. The molecule has 4 amide bonds. The van der Waals surface area contributed by atoms with E-state index in [0.29, 0.717) is 22.8 Å². The van der Waals surface area contributed by atoms with E-state index >= 15 is 0 Å². The van der Waals surface area contributed by atoms with Crippen molar-refractivity contribution in [1.29, 1.82) is 0 Å². The number of rotatable bonds is 5. The summed E-state index contributed by atoms with van der Waals surface area (Å²) in [6, 6.07) is 5.87. The highest BCUT2D eigenvalue weighted by Crippen LogP contribution is 2.33. The Kier molecular flexibility index (Phi) is 4.98. The van der Waals surface area contributed by atoms with Crippen molar-refractivity contribution in [1.82, 2.24) is 10.2 Å². The van der Waals surface area contributed by atoms with Crippen LogP contribution in [0.3, 0.4) is 0 Å². The minimum Gasteiger partial charge on any atom is -0.496 e. The number of imide groups is 2. The second-order valence-corrected chi connectivity index (χ2v) is 5.80. The van der Waals surface area contributed by atoms with Crippen LogP contribution in [0.4, 0.5) is 4.79 Å². The molecule has 8 nitrogen and oxygen atoms in total. The van der Waals surface area contributed by atoms with Gasteiger partial charge in [-0.25, -0.2) is 4.79 Å². The minimum absolute atomic E-state index is 0.0823. The zero-order valence-corrected chi connectivity index (χ0v) is 15.1. The third-order valence-electron chi connectivity index (χ3n) is 4.19. The molecule has 0 radical (unpaired) electrons. The van der Waals surface area contributed by atoms with Gasteiger partial charge in [-0.3, -0.25) is 19.8 Å². The van der Waals surface area contributed by atoms with Crippen LogP contribution in [0.1, 0.15) is 16.9 Å². The van der Waals surface area contributed by atoms with Gasteiger partial charge in [0, 0.05) is 11.1 Å². The molecule has 1 aromatic carbocycles. The van der Waals surface area contributed by atoms with Crippen LogP contribution in [0.2, 0.25) is 0 Å². The smallest absolute Gasteiger partial charge is 0.331 e. The van der Waals surface area contributed by atoms with Crippen LogP contribution in [0.5, 0.6) is 11.5 Å². The zero-order chi connectivity index (χ0) is 19.6. The normalized spacial score (nSPS) is 15.9. The third-order valence-corrected chi connectivity index (χ3v) is 4.19. The lowest BCUT2D eigenvalue weighted by Crippen LogP contribution is -2.53. The molecule has 140 valence electrons. The molecule has 3 rings (SSSR count). The van der Waals surface area contributed by atoms with E-state index in [1.807, 2.05) is 0 Å². The number of furan rings is 1. The summed E-state index contributed by atoms with van der Waals surface area (Å²) in [5.41, 5.74) is 1.06. The van der Waals surface area contributed by atoms with E-state index in [1.54, 1.807) is 31.2 Å². The van der Waals surface area contributed by atoms with Crippen molar-refractivity contribution >= 4 is 23.9 Å². The van der Waals surface area contributed by atoms with E-state index < -0.39 is 17.8 Å². The molecule has 0 saturated carbocycles. The highest BCUT2D eigenvalue weighted by Gasteiger charge is 2.36. The number of hydrogen-bond donors (Lipinski definition) is 1. The highest BCUT2D eigenvalue weighted by molar-refractivity contribution is 6.31. The van der Waals surface area contributed by atoms with Crippen molar-refractivity contribution in [2.75, 3.05) is 14.2 Å². The summed E-state index contributed by atoms with van der Waals surface area (Å²) in [4.78, 5) is 38.0. The molecule has 0 bridgehead atoms. The first-order valence-electron chi connectivity index (χ1n) is 8.09. The van der Waals surface area contributed by atoms with Gasteiger partial charge in [0.1, 0.15) is 22.8 Å². The van der Waals surface area contributed by atoms with Gasteiger partial charge in [-0.2, -0.15) is 0 Å². The van der Waals surface area contributed by atoms with E-state index in [0.717, 1.165) is 10.5 Å². The second kappa shape index (κ2) is 7.36. The maximum Gasteiger partial charge on any atom is 0.331 e. The number of amides is 4. The Morgan fingerprint density at radius 1 is 1.15 bits per heavy atom. The standard InChI is InChI=1S/C19H18N2O6/c1-11-15(25-2)7-6-12(16(11)26-3)9-14-17(22)20-19(24)21(18(14)23)10-13-5-4-8-27-13/h4-9H,10H2,1-3H3,(H,20,22,24)/b14-9+. The van der Waals surface area contributed by atoms with E-state index in [2.05, 4.69) is 5.32 Å². The highest BCUT2D eigenvalue weighted by atomic mass is 16.5. The molecule has 1 aliphatic rings. The summed E-state index contributed by atoms with van der Waals surface area (Å²) in [6.07, 6.45) is 2.83. The summed E-state index contributed by atoms with van der Waals surface area (Å²) in [6.45, 7) is 1.72. The van der Waals surface area contributed by atoms with Crippen LogP contribution in [0.25, 0.3) is 6.08 Å². The Morgan fingerprint density at radius 2 is 1.93 bits per heavy atom. The van der Waals surface area contributed by atoms with Crippen LogP contribution < -0.4 is 14.8 Å². The Bertz CT molecular complexity index is 930. The Morgan fingerprint density at radius 3 is 2.56 bits per heavy atom. The summed E-state index contributed by atoms with van der Waals surface area (Å²) in [7, 11) is 3.02. The quantitative estimate of drug-likeness (QED) is 0.640. The lowest BCUT2D eigenvalue weighted by Gasteiger charge is -2.25. The summed E-state index contributed by atoms with van der Waals surface area (Å²) in [5, 5.41) is 2.17. The molecule has 1 aliphatic heterocycles. The molecule has 1 N–H and O–H groups in total. The van der Waals surface area contributed by atoms with Crippen molar-refractivity contribution in [2.45, 2.75) is 13.5 Å². The van der Waals surface area contributed by atoms with Crippen molar-refractivity contribution in [3.63, 3.8) is 0 Å². The number of carbonyl (C=O) groups excluding carboxylic acids is 3. The van der Waals surface area contributed by atoms with Crippen molar-refractivity contribution in [2.24, 2.45) is 0 Å². The third kappa shape index (κ3) is 3.41. The molecule has 27 heavy (non-hydrogen) atoms. The SMILES string of the molecule is COc1ccc(/C=C2\C(=O)NC(=O)N(Cc3ccco3)C2=O)c(OC)c1C. The number of methoxy groups -OCH3 is 2. The van der Waals surface area contributed by atoms with Gasteiger partial charge in [0.05, 0.1) is 27.0 Å². The van der Waals surface area contributed by atoms with Crippen molar-refractivity contribution in [3.05, 3.63) is 53.0 Å². The van der Waals surface area contributed by atoms with Crippen LogP contribution in [0.15, 0.2) is 40.5 Å². The largest absolute Gasteiger partial charge is 0.496 e. The number of urea groups is 1. The summed E-state index contributed by atoms with van der Waals surface area (Å²) >= 11 is 0. The Hall–Kier alpha value is -3.55. The van der Waals surface area contributed by atoms with Crippen LogP contribution in [-0.2, 0) is 16.1 Å². The predicted molar refractivity (Wildman–Crippen MR) is 95.1 cm³/mol. The number of benzene rings is 1. The van der Waals surface area contributed by atoms with E-state index in [-0.39, 0.29) is 12.1 Å². The fourth-order valence-corrected chi connectivity index (χ4v) is 2.85. The molecule has 2 aromatic rings. The molecule has 1 saturated heterocycles. The van der Waals surface area contributed by atoms with E-state index in [4.69, 9.17) is 13.9 Å². The average Bonchev–Trinajstić information content (AvgIpc) is 3.15. The fraction of sp³-hybridized carbons (Fsp3) is 0.211. The molecule has 1 aromatic heterocycles. The number of nitrogens with one attached hydrogen (secondary N) is 1. The molecule has 8 heteroatoms. The molecule has 0 atom stereocenters. The lowest BCUT2D eigenvalue weighted by atomic mass is 10.0. The van der Waals surface area contributed by atoms with Gasteiger partial charge >= 0.3 is 6.03 Å². The van der Waals surface area contributed by atoms with Crippen LogP contribution in [0, 0.1) is 6.92 Å². The number of hydrogen-bond acceptors (Lipinski definition) is 6. The maximum absolute atomic E-state index is 12.8. The molecule has 2 heterocycles. The van der Waals surface area contributed by atoms with Gasteiger partial charge < -0.3 is 13.9 Å². The number of nitrogens with zero attached hydrogens (tertiary/aromatic N) is 1. The topological polar surface area (TPSA) is 98.1 Å². The first-order valence-corrected chi connectivity index (χ1v) is 8.09. The zero-order valence-electron chi connectivity index (χ0n) is 15.1. The van der Waals surface area contributed by atoms with Gasteiger partial charge in [0.25, 0.3) is 11.8 Å². The van der Waals surface area contributed by atoms with Gasteiger partial charge in [-0.05, 0) is 37.3 Å². The minimum atomic E-state index is -0.795. The van der Waals surface area contributed by atoms with Gasteiger partial charge in [0.2, 0.25) is 0 Å². The summed E-state index contributed by atoms with van der Waals surface area (Å²) < 4.78 is 15.8. The number of ether oxygens (including phenoxy) is 2. The molecule has 0 unspecified atom stereocenters. The van der Waals surface area contributed by atoms with Crippen molar-refractivity contribution < 1.29 is 28.3 Å². The average molecular weight is 370 g/mol. The number of barbiturate groups is 1. The van der Waals surface area contributed by atoms with E-state index in [1.165, 1.54) is 26.6 Å². The van der Waals surface area contributed by atoms with Gasteiger partial charge in [-0.1, -0.05) is 0 Å². The van der Waals surface area contributed by atoms with Crippen LogP contribution >= 0.6 is 0 Å². The van der Waals surface area contributed by atoms with Crippen LogP contribution in [-0.4, -0.2) is 37.0 Å². The lowest BCUT2D eigenvalue weighted by molar-refractivity contribution is -0.130. The predicted octanol–water partition coefficient (Wildman–Crippen LogP) is 2.27. The molecule has 0 aliphatic carbocycles.